The summed E-state index contributed by atoms with van der Waals surface area (Å²) in [6, 6.07) is 7.72. The molecule has 23 heavy (non-hydrogen) atoms. The second-order valence-electron chi connectivity index (χ2n) is 5.02. The molecule has 2 aromatic rings. The largest absolute Gasteiger partial charge is 0.440 e. The van der Waals surface area contributed by atoms with E-state index >= 15 is 0 Å². The van der Waals surface area contributed by atoms with Crippen molar-refractivity contribution in [1.82, 2.24) is 0 Å². The predicted octanol–water partition coefficient (Wildman–Crippen LogP) is 3.07. The second-order valence-corrected chi connectivity index (χ2v) is 5.88. The summed E-state index contributed by atoms with van der Waals surface area (Å²) in [7, 11) is 0. The number of nitrogens with zero attached hydrogens (tertiary/aromatic N) is 1. The summed E-state index contributed by atoms with van der Waals surface area (Å²) in [5, 5.41) is 9.40. The third-order valence-corrected chi connectivity index (χ3v) is 4.14. The molecule has 0 fully saturated rings. The fourth-order valence-corrected chi connectivity index (χ4v) is 2.94. The van der Waals surface area contributed by atoms with E-state index in [1.807, 2.05) is 6.07 Å². The molecule has 2 heterocycles. The lowest BCUT2D eigenvalue weighted by Gasteiger charge is -2.25. The van der Waals surface area contributed by atoms with E-state index in [0.29, 0.717) is 11.3 Å². The number of hydrogen-bond acceptors (Lipinski definition) is 5. The maximum Gasteiger partial charge on any atom is 0.343 e. The van der Waals surface area contributed by atoms with Crippen LogP contribution in [-0.2, 0) is 0 Å². The summed E-state index contributed by atoms with van der Waals surface area (Å²) in [6.45, 7) is 1.61. The van der Waals surface area contributed by atoms with E-state index in [9.17, 15) is 14.4 Å². The predicted molar refractivity (Wildman–Crippen MR) is 83.1 cm³/mol. The van der Waals surface area contributed by atoms with Gasteiger partial charge in [-0.15, -0.1) is 0 Å². The lowest BCUT2D eigenvalue weighted by atomic mass is 9.84. The van der Waals surface area contributed by atoms with Crippen LogP contribution in [0.5, 0.6) is 5.75 Å². The fourth-order valence-electron chi connectivity index (χ4n) is 2.54. The average Bonchev–Trinajstić information content (AvgIpc) is 2.48. The third kappa shape index (κ3) is 2.51. The van der Waals surface area contributed by atoms with Gasteiger partial charge in [0.15, 0.2) is 0 Å². The van der Waals surface area contributed by atoms with Crippen LogP contribution in [0.25, 0.3) is 0 Å². The third-order valence-electron chi connectivity index (χ3n) is 3.53. The van der Waals surface area contributed by atoms with Crippen LogP contribution < -0.4 is 16.1 Å². The van der Waals surface area contributed by atoms with E-state index < -0.39 is 17.4 Å². The van der Waals surface area contributed by atoms with Crippen LogP contribution >= 0.6 is 15.9 Å². The SMILES string of the molecule is Cc1cc2c(c(=O)o1)[C@H](c1ccc(F)c(Br)c1)C(C#N)=C(N)O2. The maximum absolute atomic E-state index is 13.5. The highest BCUT2D eigenvalue weighted by molar-refractivity contribution is 9.10. The molecule has 0 aliphatic carbocycles. The number of rotatable bonds is 1. The quantitative estimate of drug-likeness (QED) is 0.825. The number of nitriles is 1. The Bertz CT molecular complexity index is 943. The van der Waals surface area contributed by atoms with Gasteiger partial charge in [-0.25, -0.2) is 9.18 Å². The molecule has 1 aromatic carbocycles. The first kappa shape index (κ1) is 15.3. The highest BCUT2D eigenvalue weighted by Crippen LogP contribution is 2.41. The van der Waals surface area contributed by atoms with Crippen LogP contribution in [0, 0.1) is 24.1 Å². The highest BCUT2D eigenvalue weighted by Gasteiger charge is 2.34. The van der Waals surface area contributed by atoms with Crippen molar-refractivity contribution in [3.05, 3.63) is 73.3 Å². The Morgan fingerprint density at radius 1 is 1.39 bits per heavy atom. The van der Waals surface area contributed by atoms with E-state index in [1.54, 1.807) is 6.92 Å². The summed E-state index contributed by atoms with van der Waals surface area (Å²) in [5.41, 5.74) is 5.97. The van der Waals surface area contributed by atoms with Crippen molar-refractivity contribution in [3.8, 4) is 11.8 Å². The normalized spacial score (nSPS) is 16.5. The molecule has 0 amide bonds. The number of allylic oxidation sites excluding steroid dienone is 1. The van der Waals surface area contributed by atoms with E-state index in [1.165, 1.54) is 24.3 Å². The van der Waals surface area contributed by atoms with Gasteiger partial charge in [0.05, 0.1) is 16.0 Å². The number of hydrogen-bond donors (Lipinski definition) is 1. The Morgan fingerprint density at radius 2 is 2.13 bits per heavy atom. The summed E-state index contributed by atoms with van der Waals surface area (Å²) < 4.78 is 24.2. The lowest BCUT2D eigenvalue weighted by molar-refractivity contribution is 0.371. The smallest absolute Gasteiger partial charge is 0.343 e. The molecule has 1 aliphatic heterocycles. The average molecular weight is 377 g/mol. The van der Waals surface area contributed by atoms with Gasteiger partial charge in [0.25, 0.3) is 0 Å². The molecule has 0 saturated carbocycles. The Hall–Kier alpha value is -2.59. The van der Waals surface area contributed by atoms with Crippen molar-refractivity contribution in [1.29, 1.82) is 5.26 Å². The van der Waals surface area contributed by atoms with Crippen LogP contribution in [0.3, 0.4) is 0 Å². The highest BCUT2D eigenvalue weighted by atomic mass is 79.9. The van der Waals surface area contributed by atoms with E-state index in [4.69, 9.17) is 14.9 Å². The second kappa shape index (κ2) is 5.56. The number of ether oxygens (including phenoxy) is 1. The molecular formula is C16H10BrFN2O3. The minimum atomic E-state index is -0.780. The number of fused-ring (bicyclic) bond motifs is 1. The standard InChI is InChI=1S/C16H10BrFN2O3/c1-7-4-12-14(16(21)22-7)13(9(6-19)15(20)23-12)8-2-3-11(18)10(17)5-8/h2-5,13H,20H2,1H3/t13-/m1/s1. The lowest BCUT2D eigenvalue weighted by Crippen LogP contribution is -2.26. The Labute approximate surface area is 138 Å². The Kier molecular flexibility index (Phi) is 3.70. The van der Waals surface area contributed by atoms with Gasteiger partial charge in [-0.3, -0.25) is 0 Å². The molecule has 0 unspecified atom stereocenters. The number of nitrogens with two attached hydrogens (primary N) is 1. The van der Waals surface area contributed by atoms with Gasteiger partial charge in [-0.1, -0.05) is 6.07 Å². The van der Waals surface area contributed by atoms with Crippen molar-refractivity contribution >= 4 is 15.9 Å². The van der Waals surface area contributed by atoms with Gasteiger partial charge in [-0.05, 0) is 40.5 Å². The molecule has 116 valence electrons. The molecular weight excluding hydrogens is 367 g/mol. The minimum absolute atomic E-state index is 0.0761. The first-order chi connectivity index (χ1) is 10.9. The Morgan fingerprint density at radius 3 is 2.78 bits per heavy atom. The van der Waals surface area contributed by atoms with E-state index in [2.05, 4.69) is 15.9 Å². The Balaban J connectivity index is 2.31. The molecule has 1 aromatic heterocycles. The van der Waals surface area contributed by atoms with Gasteiger partial charge in [0.1, 0.15) is 29.0 Å². The van der Waals surface area contributed by atoms with Crippen molar-refractivity contribution in [2.24, 2.45) is 5.73 Å². The van der Waals surface area contributed by atoms with Crippen molar-refractivity contribution in [2.75, 3.05) is 0 Å². The summed E-state index contributed by atoms with van der Waals surface area (Å²) in [5.74, 6) is -0.720. The van der Waals surface area contributed by atoms with Crippen molar-refractivity contribution in [2.45, 2.75) is 12.8 Å². The number of benzene rings is 1. The molecule has 1 aliphatic rings. The van der Waals surface area contributed by atoms with Crippen molar-refractivity contribution in [3.63, 3.8) is 0 Å². The first-order valence-corrected chi connectivity index (χ1v) is 7.39. The van der Waals surface area contributed by atoms with Gasteiger partial charge in [-0.2, -0.15) is 5.26 Å². The zero-order valence-electron chi connectivity index (χ0n) is 11.9. The van der Waals surface area contributed by atoms with Gasteiger partial charge < -0.3 is 14.9 Å². The molecule has 0 radical (unpaired) electrons. The topological polar surface area (TPSA) is 89.2 Å². The van der Waals surface area contributed by atoms with Gasteiger partial charge in [0.2, 0.25) is 5.88 Å². The molecule has 5 nitrogen and oxygen atoms in total. The van der Waals surface area contributed by atoms with Crippen LogP contribution in [0.2, 0.25) is 0 Å². The molecule has 2 N–H and O–H groups in total. The summed E-state index contributed by atoms with van der Waals surface area (Å²) in [6.07, 6.45) is 0. The van der Waals surface area contributed by atoms with E-state index in [0.717, 1.165) is 0 Å². The molecule has 7 heteroatoms. The van der Waals surface area contributed by atoms with E-state index in [-0.39, 0.29) is 27.2 Å². The zero-order valence-corrected chi connectivity index (χ0v) is 13.5. The zero-order chi connectivity index (χ0) is 16.7. The summed E-state index contributed by atoms with van der Waals surface area (Å²) in [4.78, 5) is 12.3. The maximum atomic E-state index is 13.5. The van der Waals surface area contributed by atoms with Gasteiger partial charge >= 0.3 is 5.63 Å². The molecule has 3 rings (SSSR count). The first-order valence-electron chi connectivity index (χ1n) is 6.59. The van der Waals surface area contributed by atoms with Crippen LogP contribution in [0.1, 0.15) is 22.8 Å². The summed E-state index contributed by atoms with van der Waals surface area (Å²) >= 11 is 3.10. The molecule has 0 saturated heterocycles. The van der Waals surface area contributed by atoms with Gasteiger partial charge in [0, 0.05) is 6.07 Å². The van der Waals surface area contributed by atoms with Crippen molar-refractivity contribution < 1.29 is 13.5 Å². The number of aryl methyl sites for hydroxylation is 1. The fraction of sp³-hybridized carbons (Fsp3) is 0.125. The van der Waals surface area contributed by atoms with Crippen LogP contribution in [0.4, 0.5) is 4.39 Å². The number of halogens is 2. The minimum Gasteiger partial charge on any atom is -0.440 e. The molecule has 0 bridgehead atoms. The van der Waals surface area contributed by atoms with Crippen LogP contribution in [-0.4, -0.2) is 0 Å². The molecule has 1 atom stereocenters. The van der Waals surface area contributed by atoms with Crippen LogP contribution in [0.15, 0.2) is 49.4 Å². The molecule has 0 spiro atoms. The monoisotopic (exact) mass is 376 g/mol.